The number of hydrogen-bond acceptors (Lipinski definition) is 3. The second kappa shape index (κ2) is 7.75. The van der Waals surface area contributed by atoms with Crippen LogP contribution in [0.15, 0.2) is 24.3 Å². The van der Waals surface area contributed by atoms with Crippen LogP contribution in [0, 0.1) is 5.92 Å². The zero-order valence-electron chi connectivity index (χ0n) is 14.5. The first kappa shape index (κ1) is 18.2. The van der Waals surface area contributed by atoms with E-state index in [0.29, 0.717) is 11.4 Å². The average Bonchev–Trinajstić information content (AvgIpc) is 2.57. The summed E-state index contributed by atoms with van der Waals surface area (Å²) in [5.74, 6) is -0.118. The Morgan fingerprint density at radius 3 is 2.36 bits per heavy atom. The molecule has 0 aromatic heterocycles. The molecule has 0 spiro atoms. The van der Waals surface area contributed by atoms with Crippen molar-refractivity contribution in [3.8, 4) is 0 Å². The number of piperidine rings is 1. The fraction of sp³-hybridized carbons (Fsp3) is 0.579. The third-order valence-corrected chi connectivity index (χ3v) is 5.88. The van der Waals surface area contributed by atoms with Crippen molar-refractivity contribution in [2.24, 2.45) is 11.7 Å². The summed E-state index contributed by atoms with van der Waals surface area (Å²) in [6, 6.07) is 7.78. The highest BCUT2D eigenvalue weighted by Gasteiger charge is 2.39. The number of amides is 2. The van der Waals surface area contributed by atoms with Crippen molar-refractivity contribution in [3.63, 3.8) is 0 Å². The van der Waals surface area contributed by atoms with Crippen LogP contribution in [0.4, 0.5) is 0 Å². The van der Waals surface area contributed by atoms with Crippen LogP contribution in [-0.4, -0.2) is 36.3 Å². The van der Waals surface area contributed by atoms with Crippen LogP contribution in [0.25, 0.3) is 0 Å². The first-order chi connectivity index (χ1) is 12.0. The third-order valence-electron chi connectivity index (χ3n) is 5.63. The molecule has 1 saturated carbocycles. The lowest BCUT2D eigenvalue weighted by Crippen LogP contribution is -2.51. The van der Waals surface area contributed by atoms with Gasteiger partial charge in [-0.3, -0.25) is 9.59 Å². The van der Waals surface area contributed by atoms with Crippen LogP contribution in [-0.2, 0) is 15.1 Å². The molecule has 1 heterocycles. The summed E-state index contributed by atoms with van der Waals surface area (Å²) >= 11 is 5.97. The lowest BCUT2D eigenvalue weighted by atomic mass is 9.71. The Labute approximate surface area is 153 Å². The van der Waals surface area contributed by atoms with E-state index in [4.69, 9.17) is 17.3 Å². The molecular weight excluding hydrogens is 338 g/mol. The van der Waals surface area contributed by atoms with Crippen molar-refractivity contribution >= 4 is 23.4 Å². The molecule has 25 heavy (non-hydrogen) atoms. The van der Waals surface area contributed by atoms with Gasteiger partial charge in [0.2, 0.25) is 11.8 Å². The minimum atomic E-state index is -0.222. The molecule has 1 aliphatic heterocycles. The molecule has 0 unspecified atom stereocenters. The molecule has 1 aliphatic carbocycles. The molecule has 136 valence electrons. The first-order valence-electron chi connectivity index (χ1n) is 9.07. The van der Waals surface area contributed by atoms with Crippen LogP contribution in [0.3, 0.4) is 0 Å². The number of nitrogens with one attached hydrogen (secondary N) is 1. The second-order valence-electron chi connectivity index (χ2n) is 7.26. The number of carbonyl (C=O) groups is 2. The number of rotatable bonds is 6. The zero-order valence-corrected chi connectivity index (χ0v) is 15.2. The number of nitrogens with zero attached hydrogens (tertiary/aromatic N) is 1. The van der Waals surface area contributed by atoms with Gasteiger partial charge < -0.3 is 16.0 Å². The van der Waals surface area contributed by atoms with Crippen molar-refractivity contribution in [1.29, 1.82) is 0 Å². The van der Waals surface area contributed by atoms with E-state index < -0.39 is 0 Å². The summed E-state index contributed by atoms with van der Waals surface area (Å²) in [6.07, 6.45) is 5.16. The summed E-state index contributed by atoms with van der Waals surface area (Å²) in [7, 11) is 0. The van der Waals surface area contributed by atoms with E-state index in [-0.39, 0.29) is 23.3 Å². The molecule has 1 aromatic carbocycles. The molecule has 0 atom stereocenters. The van der Waals surface area contributed by atoms with Gasteiger partial charge in [0, 0.05) is 23.9 Å². The molecular formula is C19H26ClN3O2. The number of carbonyl (C=O) groups excluding carboxylic acids is 2. The third kappa shape index (κ3) is 4.33. The molecule has 1 aromatic rings. The van der Waals surface area contributed by atoms with Gasteiger partial charge in [0.15, 0.2) is 0 Å². The Morgan fingerprint density at radius 2 is 1.84 bits per heavy atom. The topological polar surface area (TPSA) is 75.4 Å². The maximum Gasteiger partial charge on any atom is 0.221 e. The number of likely N-dealkylation sites (tertiary alicyclic amines) is 1. The van der Waals surface area contributed by atoms with Gasteiger partial charge >= 0.3 is 0 Å². The molecule has 1 saturated heterocycles. The van der Waals surface area contributed by atoms with Gasteiger partial charge in [0.1, 0.15) is 0 Å². The smallest absolute Gasteiger partial charge is 0.221 e. The molecule has 5 nitrogen and oxygen atoms in total. The summed E-state index contributed by atoms with van der Waals surface area (Å²) in [5, 5.41) is 3.96. The van der Waals surface area contributed by atoms with Gasteiger partial charge in [-0.05, 0) is 62.9 Å². The Kier molecular flexibility index (Phi) is 5.64. The molecule has 2 aliphatic rings. The van der Waals surface area contributed by atoms with Crippen LogP contribution < -0.4 is 11.1 Å². The van der Waals surface area contributed by atoms with Crippen LogP contribution in [0.1, 0.15) is 44.1 Å². The fourth-order valence-corrected chi connectivity index (χ4v) is 3.94. The Bertz CT molecular complexity index is 620. The summed E-state index contributed by atoms with van der Waals surface area (Å²) in [4.78, 5) is 25.9. The largest absolute Gasteiger partial charge is 0.369 e. The van der Waals surface area contributed by atoms with Crippen LogP contribution in [0.2, 0.25) is 5.02 Å². The van der Waals surface area contributed by atoms with Gasteiger partial charge in [0.25, 0.3) is 0 Å². The highest BCUT2D eigenvalue weighted by Crippen LogP contribution is 2.41. The van der Waals surface area contributed by atoms with E-state index >= 15 is 0 Å². The van der Waals surface area contributed by atoms with Gasteiger partial charge in [0.05, 0.1) is 5.54 Å². The minimum absolute atomic E-state index is 0.00627. The standard InChI is InChI=1S/C19H26ClN3O2/c20-16-4-2-15(3-5-16)19(9-1-10-19)22-17(24)8-13-23-11-6-14(7-12-23)18(21)25/h2-5,14H,1,6-13H2,(H2,21,25)(H,22,24). The van der Waals surface area contributed by atoms with Crippen molar-refractivity contribution in [2.75, 3.05) is 19.6 Å². The van der Waals surface area contributed by atoms with Crippen molar-refractivity contribution in [2.45, 2.75) is 44.1 Å². The van der Waals surface area contributed by atoms with Crippen molar-refractivity contribution in [1.82, 2.24) is 10.2 Å². The Morgan fingerprint density at radius 1 is 1.20 bits per heavy atom. The molecule has 0 radical (unpaired) electrons. The van der Waals surface area contributed by atoms with Gasteiger partial charge in [-0.25, -0.2) is 0 Å². The Balaban J connectivity index is 1.49. The molecule has 6 heteroatoms. The number of hydrogen-bond donors (Lipinski definition) is 2. The van der Waals surface area contributed by atoms with E-state index in [1.807, 2.05) is 24.3 Å². The van der Waals surface area contributed by atoms with Crippen LogP contribution in [0.5, 0.6) is 0 Å². The van der Waals surface area contributed by atoms with Gasteiger partial charge in [-0.15, -0.1) is 0 Å². The minimum Gasteiger partial charge on any atom is -0.369 e. The van der Waals surface area contributed by atoms with Crippen LogP contribution >= 0.6 is 11.6 Å². The fourth-order valence-electron chi connectivity index (χ4n) is 3.82. The maximum absolute atomic E-state index is 12.5. The molecule has 2 fully saturated rings. The average molecular weight is 364 g/mol. The highest BCUT2D eigenvalue weighted by atomic mass is 35.5. The summed E-state index contributed by atoms with van der Waals surface area (Å²) < 4.78 is 0. The quantitative estimate of drug-likeness (QED) is 0.815. The van der Waals surface area contributed by atoms with Crippen molar-refractivity contribution < 1.29 is 9.59 Å². The summed E-state index contributed by atoms with van der Waals surface area (Å²) in [6.45, 7) is 2.40. The molecule has 0 bridgehead atoms. The lowest BCUT2D eigenvalue weighted by molar-refractivity contribution is -0.126. The summed E-state index contributed by atoms with van der Waals surface area (Å²) in [5.41, 5.74) is 6.28. The van der Waals surface area contributed by atoms with Gasteiger partial charge in [-0.1, -0.05) is 23.7 Å². The number of halogens is 1. The normalized spacial score (nSPS) is 20.7. The molecule has 2 amide bonds. The van der Waals surface area contributed by atoms with E-state index in [1.54, 1.807) is 0 Å². The van der Waals surface area contributed by atoms with E-state index in [0.717, 1.165) is 57.3 Å². The SMILES string of the molecule is NC(=O)C1CCN(CCC(=O)NC2(c3ccc(Cl)cc3)CCC2)CC1. The number of primary amides is 1. The van der Waals surface area contributed by atoms with E-state index in [2.05, 4.69) is 10.2 Å². The van der Waals surface area contributed by atoms with Crippen molar-refractivity contribution in [3.05, 3.63) is 34.9 Å². The first-order valence-corrected chi connectivity index (χ1v) is 9.45. The monoisotopic (exact) mass is 363 g/mol. The lowest BCUT2D eigenvalue weighted by Gasteiger charge is -2.43. The maximum atomic E-state index is 12.5. The predicted molar refractivity (Wildman–Crippen MR) is 98.1 cm³/mol. The van der Waals surface area contributed by atoms with E-state index in [1.165, 1.54) is 0 Å². The predicted octanol–water partition coefficient (Wildman–Crippen LogP) is 2.42. The number of nitrogens with two attached hydrogens (primary N) is 1. The molecule has 3 N–H and O–H groups in total. The number of benzene rings is 1. The van der Waals surface area contributed by atoms with E-state index in [9.17, 15) is 9.59 Å². The molecule has 3 rings (SSSR count). The second-order valence-corrected chi connectivity index (χ2v) is 7.70. The van der Waals surface area contributed by atoms with Gasteiger partial charge in [-0.2, -0.15) is 0 Å². The Hall–Kier alpha value is -1.59. The zero-order chi connectivity index (χ0) is 17.9. The highest BCUT2D eigenvalue weighted by molar-refractivity contribution is 6.30.